The number of carbonyl (C=O) groups excluding carboxylic acids is 1. The van der Waals surface area contributed by atoms with E-state index in [9.17, 15) is 10.1 Å². The number of aliphatic imine (C=N–C) groups is 1. The van der Waals surface area contributed by atoms with E-state index >= 15 is 0 Å². The first-order valence-corrected chi connectivity index (χ1v) is 12.0. The zero-order valence-corrected chi connectivity index (χ0v) is 20.7. The lowest BCUT2D eigenvalue weighted by Gasteiger charge is -2.27. The number of hydrogen-bond donors (Lipinski definition) is 1. The van der Waals surface area contributed by atoms with Gasteiger partial charge in [-0.2, -0.15) is 5.26 Å². The zero-order valence-electron chi connectivity index (χ0n) is 19.9. The van der Waals surface area contributed by atoms with Gasteiger partial charge in [0.05, 0.1) is 5.56 Å². The molecular weight excluding hydrogens is 446 g/mol. The fraction of sp³-hybridized carbons (Fsp3) is 0.320. The minimum absolute atomic E-state index is 0.169. The molecule has 3 aromatic heterocycles. The van der Waals surface area contributed by atoms with Crippen LogP contribution in [0.1, 0.15) is 36.3 Å². The highest BCUT2D eigenvalue weighted by Gasteiger charge is 2.42. The Morgan fingerprint density at radius 2 is 2.15 bits per heavy atom. The van der Waals surface area contributed by atoms with Crippen LogP contribution in [-0.4, -0.2) is 47.4 Å². The number of hydrogen-bond acceptors (Lipinski definition) is 7. The first-order valence-electron chi connectivity index (χ1n) is 11.1. The number of rotatable bonds is 5. The van der Waals surface area contributed by atoms with Gasteiger partial charge in [0.1, 0.15) is 17.4 Å². The average Bonchev–Trinajstić information content (AvgIpc) is 3.54. The summed E-state index contributed by atoms with van der Waals surface area (Å²) in [6, 6.07) is 9.99. The Labute approximate surface area is 204 Å². The van der Waals surface area contributed by atoms with Crippen molar-refractivity contribution in [1.82, 2.24) is 14.9 Å². The number of aromatic nitrogens is 2. The van der Waals surface area contributed by atoms with Crippen LogP contribution in [0.15, 0.2) is 53.2 Å². The molecule has 1 saturated heterocycles. The maximum Gasteiger partial charge on any atom is 0.216 e. The van der Waals surface area contributed by atoms with Gasteiger partial charge >= 0.3 is 0 Å². The van der Waals surface area contributed by atoms with Gasteiger partial charge in [-0.15, -0.1) is 11.3 Å². The minimum Gasteiger partial charge on any atom is -0.369 e. The molecule has 0 saturated carbocycles. The van der Waals surface area contributed by atoms with Crippen LogP contribution in [0.4, 0.5) is 5.82 Å². The van der Waals surface area contributed by atoms with Gasteiger partial charge in [0.25, 0.3) is 0 Å². The second-order valence-electron chi connectivity index (χ2n) is 7.81. The number of nitriles is 1. The molecule has 1 unspecified atom stereocenters. The Hall–Kier alpha value is -3.77. The normalized spacial score (nSPS) is 17.5. The molecule has 8 nitrogen and oxygen atoms in total. The van der Waals surface area contributed by atoms with Gasteiger partial charge < -0.3 is 10.6 Å². The van der Waals surface area contributed by atoms with E-state index in [2.05, 4.69) is 27.0 Å². The largest absolute Gasteiger partial charge is 0.369 e. The third-order valence-electron chi connectivity index (χ3n) is 5.64. The Morgan fingerprint density at radius 3 is 2.85 bits per heavy atom. The standard InChI is InChI=1S/C23H23N7OS.C2H6/c1-16-4-3-6-27-21(16)30-7-5-23(14-30,28-22(25)29(2)15-31)20-9-19(13-32-20)18-8-17(10-24)11-26-12-18;1-2/h3-4,6,8-9,11-13,15H,5,7,14H2,1-2H3,(H2,25,28);1-2H3. The van der Waals surface area contributed by atoms with Crippen molar-refractivity contribution < 1.29 is 4.79 Å². The third-order valence-corrected chi connectivity index (χ3v) is 6.76. The molecule has 0 aliphatic carbocycles. The van der Waals surface area contributed by atoms with E-state index in [-0.39, 0.29) is 5.96 Å². The summed E-state index contributed by atoms with van der Waals surface area (Å²) in [5.41, 5.74) is 9.00. The summed E-state index contributed by atoms with van der Waals surface area (Å²) in [7, 11) is 1.59. The first-order chi connectivity index (χ1) is 16.5. The van der Waals surface area contributed by atoms with Crippen molar-refractivity contribution in [2.24, 2.45) is 10.7 Å². The fourth-order valence-corrected chi connectivity index (χ4v) is 4.96. The maximum absolute atomic E-state index is 11.3. The number of amides is 1. The highest BCUT2D eigenvalue weighted by atomic mass is 32.1. The molecule has 2 N–H and O–H groups in total. The summed E-state index contributed by atoms with van der Waals surface area (Å²) >= 11 is 1.59. The summed E-state index contributed by atoms with van der Waals surface area (Å²) in [5, 5.41) is 11.2. The molecule has 4 heterocycles. The van der Waals surface area contributed by atoms with Crippen LogP contribution >= 0.6 is 11.3 Å². The molecule has 1 aliphatic heterocycles. The highest BCUT2D eigenvalue weighted by Crippen LogP contribution is 2.42. The fourth-order valence-electron chi connectivity index (χ4n) is 3.87. The summed E-state index contributed by atoms with van der Waals surface area (Å²) in [4.78, 5) is 29.4. The molecule has 4 rings (SSSR count). The number of guanidine groups is 1. The van der Waals surface area contributed by atoms with E-state index in [1.54, 1.807) is 37.0 Å². The molecule has 0 radical (unpaired) electrons. The van der Waals surface area contributed by atoms with E-state index in [0.717, 1.165) is 40.4 Å². The van der Waals surface area contributed by atoms with Gasteiger partial charge in [0, 0.05) is 49.2 Å². The second-order valence-corrected chi connectivity index (χ2v) is 8.72. The maximum atomic E-state index is 11.3. The summed E-state index contributed by atoms with van der Waals surface area (Å²) in [6.45, 7) is 7.39. The molecule has 1 amide bonds. The van der Waals surface area contributed by atoms with E-state index in [4.69, 9.17) is 10.7 Å². The second kappa shape index (κ2) is 10.9. The molecular formula is C25H29N7OS. The van der Waals surface area contributed by atoms with Crippen molar-refractivity contribution in [3.8, 4) is 17.2 Å². The van der Waals surface area contributed by atoms with Crippen molar-refractivity contribution >= 4 is 29.5 Å². The lowest BCUT2D eigenvalue weighted by molar-refractivity contribution is -0.114. The predicted molar refractivity (Wildman–Crippen MR) is 137 cm³/mol. The molecule has 3 aromatic rings. The van der Waals surface area contributed by atoms with Crippen LogP contribution < -0.4 is 10.6 Å². The monoisotopic (exact) mass is 475 g/mol. The Balaban J connectivity index is 0.00000158. The third kappa shape index (κ3) is 5.07. The van der Waals surface area contributed by atoms with E-state index in [0.29, 0.717) is 18.5 Å². The van der Waals surface area contributed by atoms with Gasteiger partial charge in [-0.3, -0.25) is 14.7 Å². The van der Waals surface area contributed by atoms with E-state index < -0.39 is 5.54 Å². The Morgan fingerprint density at radius 1 is 1.35 bits per heavy atom. The van der Waals surface area contributed by atoms with Crippen molar-refractivity contribution in [2.75, 3.05) is 25.0 Å². The van der Waals surface area contributed by atoms with Gasteiger partial charge in [-0.05, 0) is 48.1 Å². The lowest BCUT2D eigenvalue weighted by Crippen LogP contribution is -2.38. The quantitative estimate of drug-likeness (QED) is 0.340. The molecule has 1 aliphatic rings. The van der Waals surface area contributed by atoms with E-state index in [1.807, 2.05) is 44.4 Å². The van der Waals surface area contributed by atoms with Crippen molar-refractivity contribution in [3.05, 3.63) is 64.2 Å². The molecule has 0 spiro atoms. The summed E-state index contributed by atoms with van der Waals surface area (Å²) in [5.74, 6) is 1.09. The molecule has 0 aromatic carbocycles. The number of nitrogens with zero attached hydrogens (tertiary/aromatic N) is 6. The van der Waals surface area contributed by atoms with Gasteiger partial charge in [0.15, 0.2) is 5.96 Å². The van der Waals surface area contributed by atoms with Crippen molar-refractivity contribution in [1.29, 1.82) is 5.26 Å². The Bertz CT molecular complexity index is 1220. The van der Waals surface area contributed by atoms with Crippen LogP contribution in [0.2, 0.25) is 0 Å². The van der Waals surface area contributed by atoms with Crippen LogP contribution in [0.3, 0.4) is 0 Å². The van der Waals surface area contributed by atoms with Gasteiger partial charge in [-0.1, -0.05) is 19.9 Å². The van der Waals surface area contributed by atoms with E-state index in [1.165, 1.54) is 4.90 Å². The number of anilines is 1. The molecule has 176 valence electrons. The molecule has 0 bridgehead atoms. The first kappa shape index (κ1) is 24.9. The number of carbonyl (C=O) groups is 1. The highest BCUT2D eigenvalue weighted by molar-refractivity contribution is 7.10. The smallest absolute Gasteiger partial charge is 0.216 e. The molecule has 9 heteroatoms. The number of nitrogens with two attached hydrogens (primary N) is 1. The topological polar surface area (TPSA) is 112 Å². The van der Waals surface area contributed by atoms with Gasteiger partial charge in [-0.25, -0.2) is 9.98 Å². The zero-order chi connectivity index (χ0) is 24.7. The Kier molecular flexibility index (Phi) is 7.97. The molecule has 34 heavy (non-hydrogen) atoms. The van der Waals surface area contributed by atoms with Crippen LogP contribution in [0.25, 0.3) is 11.1 Å². The van der Waals surface area contributed by atoms with Gasteiger partial charge in [0.2, 0.25) is 6.41 Å². The lowest BCUT2D eigenvalue weighted by atomic mass is 9.96. The minimum atomic E-state index is -0.617. The van der Waals surface area contributed by atoms with Crippen LogP contribution in [0.5, 0.6) is 0 Å². The summed E-state index contributed by atoms with van der Waals surface area (Å²) in [6.07, 6.45) is 6.46. The summed E-state index contributed by atoms with van der Waals surface area (Å²) < 4.78 is 0. The number of pyridine rings is 2. The van der Waals surface area contributed by atoms with Crippen molar-refractivity contribution in [2.45, 2.75) is 32.7 Å². The van der Waals surface area contributed by atoms with Crippen molar-refractivity contribution in [3.63, 3.8) is 0 Å². The van der Waals surface area contributed by atoms with Crippen LogP contribution in [-0.2, 0) is 10.3 Å². The van der Waals surface area contributed by atoms with Crippen LogP contribution in [0, 0.1) is 18.3 Å². The number of thiophene rings is 1. The average molecular weight is 476 g/mol. The molecule has 1 atom stereocenters. The molecule has 1 fully saturated rings. The number of aryl methyl sites for hydroxylation is 1. The SMILES string of the molecule is CC.Cc1cccnc1N1CCC(N=C(N)N(C)C=O)(c2cc(-c3cncc(C#N)c3)cs2)C1. The predicted octanol–water partition coefficient (Wildman–Crippen LogP) is 3.92.